The highest BCUT2D eigenvalue weighted by molar-refractivity contribution is 5.88. The number of carbonyl (C=O) groups is 1. The van der Waals surface area contributed by atoms with Gasteiger partial charge in [-0.15, -0.1) is 0 Å². The van der Waals surface area contributed by atoms with E-state index in [1.165, 1.54) is 12.1 Å². The Morgan fingerprint density at radius 1 is 1.29 bits per heavy atom. The molecule has 1 aromatic rings. The van der Waals surface area contributed by atoms with Crippen molar-refractivity contribution in [2.24, 2.45) is 0 Å². The fourth-order valence-corrected chi connectivity index (χ4v) is 2.39. The Balaban J connectivity index is 2.36. The summed E-state index contributed by atoms with van der Waals surface area (Å²) in [5.41, 5.74) is -0.629. The fraction of sp³-hybridized carbons (Fsp3) is 0.500. The Bertz CT molecular complexity index is 529. The lowest BCUT2D eigenvalue weighted by Gasteiger charge is -2.25. The van der Waals surface area contributed by atoms with E-state index in [0.29, 0.717) is 12.0 Å². The Morgan fingerprint density at radius 2 is 1.86 bits per heavy atom. The summed E-state index contributed by atoms with van der Waals surface area (Å²) in [6, 6.07) is 5.08. The Labute approximate surface area is 119 Å². The molecule has 2 rings (SSSR count). The number of carbonyl (C=O) groups excluding carboxylic acids is 1. The topological polar surface area (TPSA) is 32.3 Å². The third-order valence-electron chi connectivity index (χ3n) is 3.74. The van der Waals surface area contributed by atoms with Gasteiger partial charge in [-0.05, 0) is 31.0 Å². The van der Waals surface area contributed by atoms with Crippen LogP contribution in [0, 0.1) is 5.82 Å². The van der Waals surface area contributed by atoms with E-state index in [0.717, 1.165) is 17.0 Å². The van der Waals surface area contributed by atoms with Crippen molar-refractivity contribution in [3.8, 4) is 0 Å². The standard InChI is InChI=1S/C14H16F4N2O/c1-3-13(2)12(21)20(8-14(16,17)18)11(19-13)9-4-6-10(15)7-5-9/h4-7,11,19H,3,8H2,1-2H3. The third-order valence-corrected chi connectivity index (χ3v) is 3.74. The summed E-state index contributed by atoms with van der Waals surface area (Å²) in [4.78, 5) is 13.0. The number of hydrogen-bond donors (Lipinski definition) is 1. The van der Waals surface area contributed by atoms with E-state index in [4.69, 9.17) is 0 Å². The molecule has 3 nitrogen and oxygen atoms in total. The first-order valence-electron chi connectivity index (χ1n) is 6.57. The Kier molecular flexibility index (Phi) is 3.97. The zero-order valence-corrected chi connectivity index (χ0v) is 11.7. The summed E-state index contributed by atoms with van der Waals surface area (Å²) in [5.74, 6) is -1.08. The number of rotatable bonds is 3. The van der Waals surface area contributed by atoms with Gasteiger partial charge in [0, 0.05) is 0 Å². The van der Waals surface area contributed by atoms with Crippen LogP contribution in [0.5, 0.6) is 0 Å². The average Bonchev–Trinajstić information content (AvgIpc) is 2.64. The summed E-state index contributed by atoms with van der Waals surface area (Å²) in [7, 11) is 0. The van der Waals surface area contributed by atoms with E-state index >= 15 is 0 Å². The van der Waals surface area contributed by atoms with Gasteiger partial charge in [0.25, 0.3) is 0 Å². The van der Waals surface area contributed by atoms with E-state index in [1.807, 2.05) is 0 Å². The second-order valence-corrected chi connectivity index (χ2v) is 5.33. The molecule has 1 aliphatic rings. The molecule has 0 aliphatic carbocycles. The maximum atomic E-state index is 13.0. The molecule has 0 bridgehead atoms. The molecule has 0 saturated carbocycles. The molecule has 1 aromatic carbocycles. The summed E-state index contributed by atoms with van der Waals surface area (Å²) in [5, 5.41) is 2.93. The number of halogens is 4. The SMILES string of the molecule is CCC1(C)NC(c2ccc(F)cc2)N(CC(F)(F)F)C1=O. The van der Waals surface area contributed by atoms with Crippen molar-refractivity contribution in [2.45, 2.75) is 38.1 Å². The van der Waals surface area contributed by atoms with E-state index in [-0.39, 0.29) is 0 Å². The molecule has 1 N–H and O–H groups in total. The summed E-state index contributed by atoms with van der Waals surface area (Å²) in [6.07, 6.45) is -5.04. The number of benzene rings is 1. The number of amides is 1. The van der Waals surface area contributed by atoms with Gasteiger partial charge in [-0.25, -0.2) is 4.39 Å². The van der Waals surface area contributed by atoms with Crippen molar-refractivity contribution >= 4 is 5.91 Å². The van der Waals surface area contributed by atoms with Crippen molar-refractivity contribution in [3.05, 3.63) is 35.6 Å². The van der Waals surface area contributed by atoms with E-state index in [1.54, 1.807) is 13.8 Å². The third kappa shape index (κ3) is 3.18. The highest BCUT2D eigenvalue weighted by Gasteiger charge is 2.50. The minimum absolute atomic E-state index is 0.359. The maximum absolute atomic E-state index is 13.0. The van der Waals surface area contributed by atoms with Gasteiger partial charge >= 0.3 is 6.18 Å². The lowest BCUT2D eigenvalue weighted by atomic mass is 9.99. The van der Waals surface area contributed by atoms with Crippen molar-refractivity contribution < 1.29 is 22.4 Å². The fourth-order valence-electron chi connectivity index (χ4n) is 2.39. The minimum atomic E-state index is -4.49. The van der Waals surface area contributed by atoms with Gasteiger partial charge in [-0.2, -0.15) is 13.2 Å². The predicted molar refractivity (Wildman–Crippen MR) is 68.7 cm³/mol. The number of alkyl halides is 3. The normalized spacial score (nSPS) is 26.5. The van der Waals surface area contributed by atoms with Crippen LogP contribution < -0.4 is 5.32 Å². The molecule has 7 heteroatoms. The van der Waals surface area contributed by atoms with Crippen LogP contribution in [0.15, 0.2) is 24.3 Å². The van der Waals surface area contributed by atoms with Gasteiger partial charge in [0.2, 0.25) is 5.91 Å². The van der Waals surface area contributed by atoms with Gasteiger partial charge in [-0.3, -0.25) is 10.1 Å². The smallest absolute Gasteiger partial charge is 0.312 e. The molecule has 0 spiro atoms. The minimum Gasteiger partial charge on any atom is -0.312 e. The molecule has 1 amide bonds. The summed E-state index contributed by atoms with van der Waals surface area (Å²) >= 11 is 0. The first kappa shape index (κ1) is 15.8. The van der Waals surface area contributed by atoms with E-state index in [9.17, 15) is 22.4 Å². The van der Waals surface area contributed by atoms with Crippen LogP contribution in [0.3, 0.4) is 0 Å². The molecular formula is C14H16F4N2O. The highest BCUT2D eigenvalue weighted by Crippen LogP contribution is 2.34. The van der Waals surface area contributed by atoms with Crippen molar-refractivity contribution in [2.75, 3.05) is 6.54 Å². The molecule has 2 atom stereocenters. The highest BCUT2D eigenvalue weighted by atomic mass is 19.4. The van der Waals surface area contributed by atoms with Crippen LogP contribution in [0.4, 0.5) is 17.6 Å². The van der Waals surface area contributed by atoms with Gasteiger partial charge in [0.05, 0.1) is 5.54 Å². The van der Waals surface area contributed by atoms with Crippen molar-refractivity contribution in [3.63, 3.8) is 0 Å². The molecule has 116 valence electrons. The maximum Gasteiger partial charge on any atom is 0.406 e. The number of nitrogens with zero attached hydrogens (tertiary/aromatic N) is 1. The lowest BCUT2D eigenvalue weighted by molar-refractivity contribution is -0.162. The van der Waals surface area contributed by atoms with E-state index < -0.39 is 36.2 Å². The Morgan fingerprint density at radius 3 is 2.33 bits per heavy atom. The second-order valence-electron chi connectivity index (χ2n) is 5.33. The molecule has 1 aliphatic heterocycles. The molecule has 0 aromatic heterocycles. The Hall–Kier alpha value is -1.63. The molecule has 1 heterocycles. The quantitative estimate of drug-likeness (QED) is 0.871. The summed E-state index contributed by atoms with van der Waals surface area (Å²) < 4.78 is 51.1. The second kappa shape index (κ2) is 5.29. The van der Waals surface area contributed by atoms with E-state index in [2.05, 4.69) is 5.32 Å². The van der Waals surface area contributed by atoms with Gasteiger partial charge < -0.3 is 4.90 Å². The summed E-state index contributed by atoms with van der Waals surface area (Å²) in [6.45, 7) is 1.96. The molecule has 1 saturated heterocycles. The average molecular weight is 304 g/mol. The zero-order chi connectivity index (χ0) is 15.8. The molecule has 0 radical (unpaired) electrons. The first-order chi connectivity index (χ1) is 9.66. The van der Waals surface area contributed by atoms with Crippen LogP contribution >= 0.6 is 0 Å². The molecule has 21 heavy (non-hydrogen) atoms. The monoisotopic (exact) mass is 304 g/mol. The van der Waals surface area contributed by atoms with Crippen LogP contribution in [0.25, 0.3) is 0 Å². The molecule has 1 fully saturated rings. The largest absolute Gasteiger partial charge is 0.406 e. The van der Waals surface area contributed by atoms with Crippen molar-refractivity contribution in [1.82, 2.24) is 10.2 Å². The van der Waals surface area contributed by atoms with Gasteiger partial charge in [0.1, 0.15) is 18.5 Å². The van der Waals surface area contributed by atoms with Crippen LogP contribution in [0.2, 0.25) is 0 Å². The van der Waals surface area contributed by atoms with Crippen LogP contribution in [-0.4, -0.2) is 29.1 Å². The van der Waals surface area contributed by atoms with Gasteiger partial charge in [-0.1, -0.05) is 19.1 Å². The number of hydrogen-bond acceptors (Lipinski definition) is 2. The molecule has 2 unspecified atom stereocenters. The number of nitrogens with one attached hydrogen (secondary N) is 1. The zero-order valence-electron chi connectivity index (χ0n) is 11.7. The van der Waals surface area contributed by atoms with Crippen LogP contribution in [-0.2, 0) is 4.79 Å². The lowest BCUT2D eigenvalue weighted by Crippen LogP contribution is -2.44. The van der Waals surface area contributed by atoms with Crippen LogP contribution in [0.1, 0.15) is 32.0 Å². The first-order valence-corrected chi connectivity index (χ1v) is 6.57. The predicted octanol–water partition coefficient (Wildman–Crippen LogP) is 2.99. The van der Waals surface area contributed by atoms with Gasteiger partial charge in [0.15, 0.2) is 0 Å². The van der Waals surface area contributed by atoms with Crippen molar-refractivity contribution in [1.29, 1.82) is 0 Å². The molecular weight excluding hydrogens is 288 g/mol.